The van der Waals surface area contributed by atoms with Crippen molar-refractivity contribution in [3.8, 4) is 0 Å². The standard InChI is InChI=1S/C9H17NO.CH4/c1-8(2)10-4-3-9(5-10)6-11-7-9;/h8H,3-7H2,1-2H3;1H4. The molecule has 0 radical (unpaired) electrons. The average molecular weight is 171 g/mol. The zero-order chi connectivity index (χ0) is 7.90. The molecule has 2 rings (SSSR count). The summed E-state index contributed by atoms with van der Waals surface area (Å²) in [6.45, 7) is 9.12. The fourth-order valence-corrected chi connectivity index (χ4v) is 2.04. The number of likely N-dealkylation sites (tertiary alicyclic amines) is 1. The third kappa shape index (κ3) is 1.50. The molecule has 0 aliphatic carbocycles. The van der Waals surface area contributed by atoms with Gasteiger partial charge in [0.2, 0.25) is 0 Å². The van der Waals surface area contributed by atoms with Crippen LogP contribution in [-0.4, -0.2) is 37.2 Å². The second-order valence-corrected chi connectivity index (χ2v) is 4.31. The lowest BCUT2D eigenvalue weighted by Gasteiger charge is -2.38. The predicted molar refractivity (Wildman–Crippen MR) is 51.3 cm³/mol. The Morgan fingerprint density at radius 3 is 2.25 bits per heavy atom. The van der Waals surface area contributed by atoms with Crippen molar-refractivity contribution in [2.45, 2.75) is 33.7 Å². The van der Waals surface area contributed by atoms with E-state index in [1.165, 1.54) is 19.5 Å². The SMILES string of the molecule is C.CC(C)N1CCC2(COC2)C1. The molecule has 2 heteroatoms. The van der Waals surface area contributed by atoms with Crippen molar-refractivity contribution in [3.05, 3.63) is 0 Å². The number of hydrogen-bond donors (Lipinski definition) is 0. The molecule has 2 nitrogen and oxygen atoms in total. The van der Waals surface area contributed by atoms with E-state index in [1.807, 2.05) is 0 Å². The molecule has 0 amide bonds. The van der Waals surface area contributed by atoms with Gasteiger partial charge in [0.15, 0.2) is 0 Å². The third-order valence-electron chi connectivity index (χ3n) is 3.01. The lowest BCUT2D eigenvalue weighted by Crippen LogP contribution is -2.45. The van der Waals surface area contributed by atoms with Crippen LogP contribution in [0.1, 0.15) is 27.7 Å². The minimum atomic E-state index is 0. The number of ether oxygens (including phenoxy) is 1. The van der Waals surface area contributed by atoms with Gasteiger partial charge in [-0.15, -0.1) is 0 Å². The Hall–Kier alpha value is -0.0800. The first-order chi connectivity index (χ1) is 5.22. The molecule has 12 heavy (non-hydrogen) atoms. The average Bonchev–Trinajstić information content (AvgIpc) is 2.28. The van der Waals surface area contributed by atoms with Crippen LogP contribution in [0.15, 0.2) is 0 Å². The summed E-state index contributed by atoms with van der Waals surface area (Å²) in [7, 11) is 0. The highest BCUT2D eigenvalue weighted by Crippen LogP contribution is 2.37. The highest BCUT2D eigenvalue weighted by Gasteiger charge is 2.44. The maximum Gasteiger partial charge on any atom is 0.0557 e. The summed E-state index contributed by atoms with van der Waals surface area (Å²) in [5, 5.41) is 0. The van der Waals surface area contributed by atoms with Crippen molar-refractivity contribution < 1.29 is 4.74 Å². The Morgan fingerprint density at radius 1 is 1.33 bits per heavy atom. The maximum absolute atomic E-state index is 5.26. The molecule has 72 valence electrons. The van der Waals surface area contributed by atoms with Gasteiger partial charge >= 0.3 is 0 Å². The van der Waals surface area contributed by atoms with Crippen LogP contribution in [0, 0.1) is 5.41 Å². The van der Waals surface area contributed by atoms with E-state index in [4.69, 9.17) is 4.74 Å². The van der Waals surface area contributed by atoms with E-state index < -0.39 is 0 Å². The molecule has 2 saturated heterocycles. The van der Waals surface area contributed by atoms with Gasteiger partial charge in [0.1, 0.15) is 0 Å². The summed E-state index contributed by atoms with van der Waals surface area (Å²) in [5.74, 6) is 0. The van der Waals surface area contributed by atoms with E-state index in [0.717, 1.165) is 19.3 Å². The van der Waals surface area contributed by atoms with E-state index >= 15 is 0 Å². The molecular formula is C10H21NO. The first kappa shape index (κ1) is 10.0. The molecule has 1 spiro atoms. The van der Waals surface area contributed by atoms with E-state index in [0.29, 0.717) is 5.41 Å². The zero-order valence-corrected chi connectivity index (χ0v) is 7.47. The molecule has 2 aliphatic rings. The van der Waals surface area contributed by atoms with Gasteiger partial charge in [0.05, 0.1) is 13.2 Å². The van der Waals surface area contributed by atoms with Crippen LogP contribution < -0.4 is 0 Å². The number of hydrogen-bond acceptors (Lipinski definition) is 2. The Morgan fingerprint density at radius 2 is 2.00 bits per heavy atom. The highest BCUT2D eigenvalue weighted by molar-refractivity contribution is 4.95. The molecule has 0 aromatic rings. The van der Waals surface area contributed by atoms with Crippen molar-refractivity contribution >= 4 is 0 Å². The molecule has 2 aliphatic heterocycles. The van der Waals surface area contributed by atoms with Crippen molar-refractivity contribution in [2.75, 3.05) is 26.3 Å². The Labute approximate surface area is 75.9 Å². The summed E-state index contributed by atoms with van der Waals surface area (Å²) in [6, 6.07) is 0.718. The third-order valence-corrected chi connectivity index (χ3v) is 3.01. The molecule has 0 saturated carbocycles. The van der Waals surface area contributed by atoms with Crippen LogP contribution in [0.2, 0.25) is 0 Å². The van der Waals surface area contributed by atoms with E-state index in [9.17, 15) is 0 Å². The fraction of sp³-hybridized carbons (Fsp3) is 1.00. The van der Waals surface area contributed by atoms with Crippen LogP contribution in [0.3, 0.4) is 0 Å². The number of rotatable bonds is 1. The second kappa shape index (κ2) is 3.35. The monoisotopic (exact) mass is 171 g/mol. The van der Waals surface area contributed by atoms with Crippen LogP contribution >= 0.6 is 0 Å². The fourth-order valence-electron chi connectivity index (χ4n) is 2.04. The maximum atomic E-state index is 5.26. The lowest BCUT2D eigenvalue weighted by atomic mass is 9.85. The first-order valence-corrected chi connectivity index (χ1v) is 4.54. The van der Waals surface area contributed by atoms with Crippen LogP contribution in [0.25, 0.3) is 0 Å². The number of nitrogens with zero attached hydrogens (tertiary/aromatic N) is 1. The van der Waals surface area contributed by atoms with Gasteiger partial charge in [-0.2, -0.15) is 0 Å². The molecule has 0 bridgehead atoms. The summed E-state index contributed by atoms with van der Waals surface area (Å²) < 4.78 is 5.26. The molecule has 0 aromatic carbocycles. The van der Waals surface area contributed by atoms with E-state index in [1.54, 1.807) is 0 Å². The molecule has 0 unspecified atom stereocenters. The highest BCUT2D eigenvalue weighted by atomic mass is 16.5. The molecule has 2 fully saturated rings. The molecule has 0 N–H and O–H groups in total. The Bertz CT molecular complexity index is 152. The quantitative estimate of drug-likeness (QED) is 0.596. The van der Waals surface area contributed by atoms with Gasteiger partial charge in [-0.25, -0.2) is 0 Å². The van der Waals surface area contributed by atoms with Crippen LogP contribution in [0.4, 0.5) is 0 Å². The van der Waals surface area contributed by atoms with Crippen molar-refractivity contribution in [2.24, 2.45) is 5.41 Å². The van der Waals surface area contributed by atoms with Gasteiger partial charge in [0, 0.05) is 18.0 Å². The first-order valence-electron chi connectivity index (χ1n) is 4.54. The van der Waals surface area contributed by atoms with Crippen LogP contribution in [0.5, 0.6) is 0 Å². The van der Waals surface area contributed by atoms with Gasteiger partial charge in [-0.1, -0.05) is 7.43 Å². The summed E-state index contributed by atoms with van der Waals surface area (Å²) in [6.07, 6.45) is 1.35. The van der Waals surface area contributed by atoms with E-state index in [2.05, 4.69) is 18.7 Å². The van der Waals surface area contributed by atoms with Crippen LogP contribution in [-0.2, 0) is 4.74 Å². The summed E-state index contributed by atoms with van der Waals surface area (Å²) >= 11 is 0. The van der Waals surface area contributed by atoms with Gasteiger partial charge in [-0.05, 0) is 26.8 Å². The summed E-state index contributed by atoms with van der Waals surface area (Å²) in [5.41, 5.74) is 0.574. The van der Waals surface area contributed by atoms with Crippen molar-refractivity contribution in [1.82, 2.24) is 4.90 Å². The molecule has 2 heterocycles. The normalized spacial score (nSPS) is 27.2. The lowest BCUT2D eigenvalue weighted by molar-refractivity contribution is -0.105. The largest absolute Gasteiger partial charge is 0.380 e. The van der Waals surface area contributed by atoms with E-state index in [-0.39, 0.29) is 7.43 Å². The second-order valence-electron chi connectivity index (χ2n) is 4.31. The van der Waals surface area contributed by atoms with Gasteiger partial charge < -0.3 is 9.64 Å². The molecular weight excluding hydrogens is 150 g/mol. The minimum Gasteiger partial charge on any atom is -0.380 e. The topological polar surface area (TPSA) is 12.5 Å². The van der Waals surface area contributed by atoms with Crippen molar-refractivity contribution in [1.29, 1.82) is 0 Å². The molecule has 0 atom stereocenters. The smallest absolute Gasteiger partial charge is 0.0557 e. The van der Waals surface area contributed by atoms with Gasteiger partial charge in [0.25, 0.3) is 0 Å². The zero-order valence-electron chi connectivity index (χ0n) is 7.47. The van der Waals surface area contributed by atoms with Gasteiger partial charge in [-0.3, -0.25) is 0 Å². The minimum absolute atomic E-state index is 0. The Balaban J connectivity index is 0.000000720. The van der Waals surface area contributed by atoms with Crippen molar-refractivity contribution in [3.63, 3.8) is 0 Å². The summed E-state index contributed by atoms with van der Waals surface area (Å²) in [4.78, 5) is 2.56. The predicted octanol–water partition coefficient (Wildman–Crippen LogP) is 1.75. The Kier molecular flexibility index (Phi) is 2.79. The molecule has 0 aromatic heterocycles.